The third-order valence-electron chi connectivity index (χ3n) is 2.95. The predicted octanol–water partition coefficient (Wildman–Crippen LogP) is 4.39. The van der Waals surface area contributed by atoms with E-state index in [-0.39, 0.29) is 0 Å². The third-order valence-corrected chi connectivity index (χ3v) is 3.47. The molecule has 0 aliphatic heterocycles. The maximum absolute atomic E-state index is 9.33. The lowest BCUT2D eigenvalue weighted by atomic mass is 10.1. The summed E-state index contributed by atoms with van der Waals surface area (Å²) >= 11 is 3.39. The van der Waals surface area contributed by atoms with E-state index in [2.05, 4.69) is 32.0 Å². The van der Waals surface area contributed by atoms with E-state index < -0.39 is 0 Å². The van der Waals surface area contributed by atoms with Crippen LogP contribution in [0.2, 0.25) is 0 Å². The Morgan fingerprint density at radius 3 is 2.60 bits per heavy atom. The highest BCUT2D eigenvalue weighted by molar-refractivity contribution is 9.10. The molecule has 0 saturated heterocycles. The number of aromatic nitrogens is 2. The first-order valence-electron chi connectivity index (χ1n) is 6.09. The second-order valence-corrected chi connectivity index (χ2v) is 5.24. The second kappa shape index (κ2) is 5.32. The van der Waals surface area contributed by atoms with Gasteiger partial charge in [-0.3, -0.25) is 0 Å². The quantitative estimate of drug-likeness (QED) is 0.711. The van der Waals surface area contributed by atoms with Gasteiger partial charge in [-0.15, -0.1) is 0 Å². The van der Waals surface area contributed by atoms with Crippen LogP contribution in [0.5, 0.6) is 0 Å². The lowest BCUT2D eigenvalue weighted by molar-refractivity contribution is 1.27. The molecule has 0 amide bonds. The van der Waals surface area contributed by atoms with Crippen molar-refractivity contribution in [3.8, 4) is 6.07 Å². The molecule has 1 aromatic heterocycles. The molecular formula is C16H10BrN3. The van der Waals surface area contributed by atoms with Crippen molar-refractivity contribution in [1.29, 1.82) is 5.26 Å². The Morgan fingerprint density at radius 1 is 1.15 bits per heavy atom. The van der Waals surface area contributed by atoms with Crippen LogP contribution < -0.4 is 0 Å². The molecule has 3 nitrogen and oxygen atoms in total. The SMILES string of the molecule is N#C/C(=C\c1ccc(Br)cc1)c1nc2ccccc2[nH]1. The van der Waals surface area contributed by atoms with Crippen molar-refractivity contribution in [2.24, 2.45) is 0 Å². The Morgan fingerprint density at radius 2 is 1.90 bits per heavy atom. The van der Waals surface area contributed by atoms with Gasteiger partial charge in [-0.1, -0.05) is 40.2 Å². The number of nitrogens with one attached hydrogen (secondary N) is 1. The van der Waals surface area contributed by atoms with Crippen LogP contribution in [0.15, 0.2) is 53.0 Å². The Balaban J connectivity index is 2.05. The summed E-state index contributed by atoms with van der Waals surface area (Å²) in [7, 11) is 0. The number of benzene rings is 2. The van der Waals surface area contributed by atoms with Crippen molar-refractivity contribution >= 4 is 38.6 Å². The number of aromatic amines is 1. The molecule has 1 heterocycles. The zero-order chi connectivity index (χ0) is 13.9. The molecule has 0 bridgehead atoms. The average molecular weight is 324 g/mol. The topological polar surface area (TPSA) is 52.5 Å². The number of nitriles is 1. The van der Waals surface area contributed by atoms with Crippen LogP contribution in [-0.2, 0) is 0 Å². The maximum Gasteiger partial charge on any atom is 0.149 e. The highest BCUT2D eigenvalue weighted by atomic mass is 79.9. The smallest absolute Gasteiger partial charge is 0.149 e. The molecule has 3 aromatic rings. The second-order valence-electron chi connectivity index (χ2n) is 4.32. The van der Waals surface area contributed by atoms with Crippen LogP contribution in [0, 0.1) is 11.3 Å². The van der Waals surface area contributed by atoms with Crippen molar-refractivity contribution in [2.45, 2.75) is 0 Å². The van der Waals surface area contributed by atoms with Gasteiger partial charge in [0.2, 0.25) is 0 Å². The van der Waals surface area contributed by atoms with E-state index in [1.165, 1.54) is 0 Å². The minimum Gasteiger partial charge on any atom is -0.337 e. The van der Waals surface area contributed by atoms with Gasteiger partial charge in [0.25, 0.3) is 0 Å². The van der Waals surface area contributed by atoms with Crippen LogP contribution in [0.3, 0.4) is 0 Å². The van der Waals surface area contributed by atoms with Gasteiger partial charge in [-0.2, -0.15) is 5.26 Å². The van der Waals surface area contributed by atoms with Gasteiger partial charge in [0.15, 0.2) is 0 Å². The summed E-state index contributed by atoms with van der Waals surface area (Å²) in [6, 6.07) is 17.7. The fraction of sp³-hybridized carbons (Fsp3) is 0. The lowest BCUT2D eigenvalue weighted by Gasteiger charge is -1.96. The first-order chi connectivity index (χ1) is 9.76. The van der Waals surface area contributed by atoms with Crippen molar-refractivity contribution in [3.05, 3.63) is 64.4 Å². The summed E-state index contributed by atoms with van der Waals surface area (Å²) in [5, 5.41) is 9.33. The fourth-order valence-electron chi connectivity index (χ4n) is 1.96. The van der Waals surface area contributed by atoms with Crippen molar-refractivity contribution in [2.75, 3.05) is 0 Å². The van der Waals surface area contributed by atoms with Crippen LogP contribution in [0.25, 0.3) is 22.7 Å². The predicted molar refractivity (Wildman–Crippen MR) is 83.7 cm³/mol. The Hall–Kier alpha value is -2.38. The van der Waals surface area contributed by atoms with E-state index in [1.807, 2.05) is 54.6 Å². The number of H-pyrrole nitrogens is 1. The van der Waals surface area contributed by atoms with Crippen LogP contribution in [0.1, 0.15) is 11.4 Å². The normalized spacial score (nSPS) is 11.5. The summed E-state index contributed by atoms with van der Waals surface area (Å²) in [6.07, 6.45) is 1.82. The Bertz CT molecular complexity index is 790. The van der Waals surface area contributed by atoms with Gasteiger partial charge in [0.05, 0.1) is 16.6 Å². The molecule has 20 heavy (non-hydrogen) atoms. The third kappa shape index (κ3) is 2.49. The lowest BCUT2D eigenvalue weighted by Crippen LogP contribution is -1.84. The molecule has 0 saturated carbocycles. The number of allylic oxidation sites excluding steroid dienone is 1. The van der Waals surface area contributed by atoms with Crippen molar-refractivity contribution in [1.82, 2.24) is 9.97 Å². The number of hydrogen-bond donors (Lipinski definition) is 1. The molecule has 0 radical (unpaired) electrons. The monoisotopic (exact) mass is 323 g/mol. The number of rotatable bonds is 2. The van der Waals surface area contributed by atoms with Crippen LogP contribution in [0.4, 0.5) is 0 Å². The molecule has 1 N–H and O–H groups in total. The Kier molecular flexibility index (Phi) is 3.36. The Labute approximate surface area is 124 Å². The van der Waals surface area contributed by atoms with Crippen molar-refractivity contribution in [3.63, 3.8) is 0 Å². The minimum atomic E-state index is 0.517. The highest BCUT2D eigenvalue weighted by Gasteiger charge is 2.07. The van der Waals surface area contributed by atoms with Gasteiger partial charge in [0.1, 0.15) is 11.9 Å². The number of imidazole rings is 1. The first-order valence-corrected chi connectivity index (χ1v) is 6.88. The van der Waals surface area contributed by atoms with Gasteiger partial charge < -0.3 is 4.98 Å². The van der Waals surface area contributed by atoms with E-state index in [0.717, 1.165) is 21.1 Å². The first kappa shape index (κ1) is 12.6. The average Bonchev–Trinajstić information content (AvgIpc) is 2.90. The maximum atomic E-state index is 9.33. The zero-order valence-corrected chi connectivity index (χ0v) is 12.1. The summed E-state index contributed by atoms with van der Waals surface area (Å²) < 4.78 is 1.01. The van der Waals surface area contributed by atoms with Gasteiger partial charge in [-0.05, 0) is 35.9 Å². The molecule has 3 rings (SSSR count). The number of halogens is 1. The van der Waals surface area contributed by atoms with E-state index in [1.54, 1.807) is 0 Å². The molecule has 0 unspecified atom stereocenters. The molecule has 4 heteroatoms. The van der Waals surface area contributed by atoms with E-state index in [0.29, 0.717) is 11.4 Å². The minimum absolute atomic E-state index is 0.517. The molecular weight excluding hydrogens is 314 g/mol. The molecule has 0 fully saturated rings. The summed E-state index contributed by atoms with van der Waals surface area (Å²) in [5.41, 5.74) is 3.27. The molecule has 96 valence electrons. The largest absolute Gasteiger partial charge is 0.337 e. The van der Waals surface area contributed by atoms with Gasteiger partial charge in [0, 0.05) is 4.47 Å². The molecule has 0 atom stereocenters. The fourth-order valence-corrected chi connectivity index (χ4v) is 2.22. The number of hydrogen-bond acceptors (Lipinski definition) is 2. The van der Waals surface area contributed by atoms with E-state index >= 15 is 0 Å². The number of fused-ring (bicyclic) bond motifs is 1. The van der Waals surface area contributed by atoms with Gasteiger partial charge >= 0.3 is 0 Å². The molecule has 2 aromatic carbocycles. The van der Waals surface area contributed by atoms with E-state index in [9.17, 15) is 5.26 Å². The van der Waals surface area contributed by atoms with E-state index in [4.69, 9.17) is 0 Å². The number of para-hydroxylation sites is 2. The van der Waals surface area contributed by atoms with Crippen LogP contribution in [-0.4, -0.2) is 9.97 Å². The van der Waals surface area contributed by atoms with Crippen molar-refractivity contribution < 1.29 is 0 Å². The summed E-state index contributed by atoms with van der Waals surface area (Å²) in [6.45, 7) is 0. The summed E-state index contributed by atoms with van der Waals surface area (Å²) in [4.78, 5) is 7.61. The molecule has 0 spiro atoms. The number of nitrogens with zero attached hydrogens (tertiary/aromatic N) is 2. The zero-order valence-electron chi connectivity index (χ0n) is 10.5. The molecule has 0 aliphatic carbocycles. The van der Waals surface area contributed by atoms with Crippen LogP contribution >= 0.6 is 15.9 Å². The standard InChI is InChI=1S/C16H10BrN3/c17-13-7-5-11(6-8-13)9-12(10-18)16-19-14-3-1-2-4-15(14)20-16/h1-9H,(H,19,20)/b12-9+. The summed E-state index contributed by atoms with van der Waals surface area (Å²) in [5.74, 6) is 0.594. The highest BCUT2D eigenvalue weighted by Crippen LogP contribution is 2.20. The van der Waals surface area contributed by atoms with Gasteiger partial charge in [-0.25, -0.2) is 4.98 Å². The molecule has 0 aliphatic rings.